The summed E-state index contributed by atoms with van der Waals surface area (Å²) in [5, 5.41) is 6.65. The number of urea groups is 1. The first-order valence-electron chi connectivity index (χ1n) is 11.9. The smallest absolute Gasteiger partial charge is 0.319 e. The molecule has 8 heteroatoms. The van der Waals surface area contributed by atoms with Gasteiger partial charge in [-0.1, -0.05) is 23.7 Å². The van der Waals surface area contributed by atoms with E-state index in [0.717, 1.165) is 18.0 Å². The zero-order chi connectivity index (χ0) is 24.1. The Morgan fingerprint density at radius 1 is 1.00 bits per heavy atom. The quantitative estimate of drug-likeness (QED) is 0.522. The molecule has 2 aliphatic heterocycles. The van der Waals surface area contributed by atoms with E-state index in [-0.39, 0.29) is 6.03 Å². The van der Waals surface area contributed by atoms with Gasteiger partial charge in [-0.05, 0) is 55.7 Å². The number of hydrogen-bond donors (Lipinski definition) is 2. The summed E-state index contributed by atoms with van der Waals surface area (Å²) in [5.41, 5.74) is 1.95. The van der Waals surface area contributed by atoms with Gasteiger partial charge in [0, 0.05) is 42.3 Å². The molecule has 0 aromatic heterocycles. The van der Waals surface area contributed by atoms with Crippen molar-refractivity contribution in [3.05, 3.63) is 47.0 Å². The molecular weight excluding hydrogens is 454 g/mol. The number of ether oxygens (including phenoxy) is 3. The summed E-state index contributed by atoms with van der Waals surface area (Å²) in [4.78, 5) is 15.1. The van der Waals surface area contributed by atoms with Crippen molar-refractivity contribution >= 4 is 23.3 Å². The number of benzene rings is 2. The van der Waals surface area contributed by atoms with Gasteiger partial charge in [0.15, 0.2) is 11.5 Å². The van der Waals surface area contributed by atoms with Gasteiger partial charge in [0.05, 0.1) is 27.0 Å². The molecule has 4 rings (SSSR count). The Labute approximate surface area is 206 Å². The van der Waals surface area contributed by atoms with Gasteiger partial charge in [-0.2, -0.15) is 0 Å². The number of nitrogens with one attached hydrogen (secondary N) is 2. The lowest BCUT2D eigenvalue weighted by atomic mass is 9.86. The van der Waals surface area contributed by atoms with Crippen LogP contribution in [0.1, 0.15) is 31.2 Å². The molecule has 0 spiro atoms. The number of amides is 2. The molecule has 0 saturated carbocycles. The Bertz CT molecular complexity index is 946. The lowest BCUT2D eigenvalue weighted by Crippen LogP contribution is -2.47. The first-order valence-corrected chi connectivity index (χ1v) is 12.2. The first-order chi connectivity index (χ1) is 16.5. The van der Waals surface area contributed by atoms with E-state index >= 15 is 0 Å². The SMILES string of the molecule is COc1cc(NC(=O)NCCN2[C@@H]3CC[C@H]2CC(Cc2ccc(Cl)cc2)C3)cc(OC)c1OC. The molecule has 2 fully saturated rings. The Kier molecular flexibility index (Phi) is 8.06. The summed E-state index contributed by atoms with van der Waals surface area (Å²) in [5.74, 6) is 2.20. The van der Waals surface area contributed by atoms with Gasteiger partial charge < -0.3 is 24.8 Å². The van der Waals surface area contributed by atoms with Crippen LogP contribution in [0.3, 0.4) is 0 Å². The fourth-order valence-electron chi connectivity index (χ4n) is 5.50. The maximum Gasteiger partial charge on any atom is 0.319 e. The number of nitrogens with zero attached hydrogens (tertiary/aromatic N) is 1. The van der Waals surface area contributed by atoms with E-state index in [0.29, 0.717) is 47.5 Å². The predicted octanol–water partition coefficient (Wildman–Crippen LogP) is 4.97. The third-order valence-electron chi connectivity index (χ3n) is 7.00. The zero-order valence-corrected chi connectivity index (χ0v) is 20.9. The van der Waals surface area contributed by atoms with Gasteiger partial charge in [0.1, 0.15) is 0 Å². The molecule has 2 aliphatic rings. The highest BCUT2D eigenvalue weighted by molar-refractivity contribution is 6.30. The molecule has 2 aromatic carbocycles. The van der Waals surface area contributed by atoms with Crippen LogP contribution in [-0.2, 0) is 6.42 Å². The van der Waals surface area contributed by atoms with E-state index in [1.807, 2.05) is 12.1 Å². The van der Waals surface area contributed by atoms with Gasteiger partial charge in [-0.25, -0.2) is 4.79 Å². The molecule has 1 unspecified atom stereocenters. The number of carbonyl (C=O) groups excluding carboxylic acids is 1. The molecule has 3 atom stereocenters. The highest BCUT2D eigenvalue weighted by Crippen LogP contribution is 2.41. The van der Waals surface area contributed by atoms with Crippen LogP contribution in [0, 0.1) is 5.92 Å². The second-order valence-electron chi connectivity index (χ2n) is 9.09. The molecule has 184 valence electrons. The molecule has 34 heavy (non-hydrogen) atoms. The number of fused-ring (bicyclic) bond motifs is 2. The van der Waals surface area contributed by atoms with Crippen molar-refractivity contribution in [3.8, 4) is 17.2 Å². The second kappa shape index (κ2) is 11.2. The third-order valence-corrected chi connectivity index (χ3v) is 7.25. The fraction of sp³-hybridized carbons (Fsp3) is 0.500. The average Bonchev–Trinajstić information content (AvgIpc) is 3.07. The zero-order valence-electron chi connectivity index (χ0n) is 20.1. The minimum Gasteiger partial charge on any atom is -0.493 e. The van der Waals surface area contributed by atoms with Crippen LogP contribution in [0.25, 0.3) is 0 Å². The van der Waals surface area contributed by atoms with Crippen LogP contribution in [0.15, 0.2) is 36.4 Å². The fourth-order valence-corrected chi connectivity index (χ4v) is 5.63. The van der Waals surface area contributed by atoms with E-state index in [4.69, 9.17) is 25.8 Å². The molecule has 2 bridgehead atoms. The van der Waals surface area contributed by atoms with Gasteiger partial charge in [-0.15, -0.1) is 0 Å². The van der Waals surface area contributed by atoms with Crippen LogP contribution in [0.5, 0.6) is 17.2 Å². The number of anilines is 1. The minimum absolute atomic E-state index is 0.251. The van der Waals surface area contributed by atoms with Crippen LogP contribution in [-0.4, -0.2) is 57.4 Å². The van der Waals surface area contributed by atoms with Crippen molar-refractivity contribution in [3.63, 3.8) is 0 Å². The molecule has 0 radical (unpaired) electrons. The van der Waals surface area contributed by atoms with Crippen molar-refractivity contribution in [1.29, 1.82) is 0 Å². The highest BCUT2D eigenvalue weighted by Gasteiger charge is 2.40. The Hall–Kier alpha value is -2.64. The molecule has 0 aliphatic carbocycles. The number of piperidine rings is 1. The largest absolute Gasteiger partial charge is 0.493 e. The van der Waals surface area contributed by atoms with E-state index in [1.165, 1.54) is 31.2 Å². The van der Waals surface area contributed by atoms with Crippen LogP contribution >= 0.6 is 11.6 Å². The van der Waals surface area contributed by atoms with E-state index in [2.05, 4.69) is 27.7 Å². The Balaban J connectivity index is 1.26. The number of halogens is 1. The van der Waals surface area contributed by atoms with Crippen LogP contribution in [0.2, 0.25) is 5.02 Å². The number of carbonyl (C=O) groups is 1. The molecule has 2 aromatic rings. The minimum atomic E-state index is -0.251. The van der Waals surface area contributed by atoms with Crippen molar-refractivity contribution in [2.24, 2.45) is 5.92 Å². The summed E-state index contributed by atoms with van der Waals surface area (Å²) in [6, 6.07) is 12.6. The number of methoxy groups -OCH3 is 3. The lowest BCUT2D eigenvalue weighted by Gasteiger charge is -2.39. The standard InChI is InChI=1S/C26H34ClN3O4/c1-32-23-15-20(16-24(33-2)25(23)34-3)29-26(31)28-10-11-30-21-8-9-22(30)14-18(13-21)12-17-4-6-19(27)7-5-17/h4-7,15-16,18,21-22H,8-14H2,1-3H3,(H2,28,29,31)/t18?,21-,22+. The maximum atomic E-state index is 12.5. The van der Waals surface area contributed by atoms with Gasteiger partial charge in [-0.3, -0.25) is 4.90 Å². The molecule has 7 nitrogen and oxygen atoms in total. The Morgan fingerprint density at radius 3 is 2.18 bits per heavy atom. The third kappa shape index (κ3) is 5.70. The summed E-state index contributed by atoms with van der Waals surface area (Å²) in [6.07, 6.45) is 6.06. The van der Waals surface area contributed by atoms with Crippen molar-refractivity contribution in [2.45, 2.75) is 44.2 Å². The number of rotatable bonds is 9. The first kappa shape index (κ1) is 24.5. The number of hydrogen-bond acceptors (Lipinski definition) is 5. The Morgan fingerprint density at radius 2 is 1.62 bits per heavy atom. The second-order valence-corrected chi connectivity index (χ2v) is 9.52. The van der Waals surface area contributed by atoms with Gasteiger partial charge >= 0.3 is 6.03 Å². The van der Waals surface area contributed by atoms with E-state index < -0.39 is 0 Å². The van der Waals surface area contributed by atoms with E-state index in [9.17, 15) is 4.79 Å². The molecule has 2 heterocycles. The molecular formula is C26H34ClN3O4. The van der Waals surface area contributed by atoms with Gasteiger partial charge in [0.25, 0.3) is 0 Å². The maximum absolute atomic E-state index is 12.5. The predicted molar refractivity (Wildman–Crippen MR) is 135 cm³/mol. The van der Waals surface area contributed by atoms with Crippen molar-refractivity contribution in [1.82, 2.24) is 10.2 Å². The average molecular weight is 488 g/mol. The molecule has 2 saturated heterocycles. The van der Waals surface area contributed by atoms with Crippen molar-refractivity contribution in [2.75, 3.05) is 39.7 Å². The molecule has 2 N–H and O–H groups in total. The summed E-state index contributed by atoms with van der Waals surface area (Å²) < 4.78 is 16.0. The highest BCUT2D eigenvalue weighted by atomic mass is 35.5. The topological polar surface area (TPSA) is 72.1 Å². The monoisotopic (exact) mass is 487 g/mol. The van der Waals surface area contributed by atoms with Crippen LogP contribution in [0.4, 0.5) is 10.5 Å². The summed E-state index contributed by atoms with van der Waals surface area (Å²) >= 11 is 6.03. The van der Waals surface area contributed by atoms with E-state index in [1.54, 1.807) is 33.5 Å². The van der Waals surface area contributed by atoms with Crippen LogP contribution < -0.4 is 24.8 Å². The normalized spacial score (nSPS) is 21.7. The molecule has 2 amide bonds. The van der Waals surface area contributed by atoms with Gasteiger partial charge in [0.2, 0.25) is 5.75 Å². The summed E-state index contributed by atoms with van der Waals surface area (Å²) in [6.45, 7) is 1.47. The summed E-state index contributed by atoms with van der Waals surface area (Å²) in [7, 11) is 4.65. The lowest BCUT2D eigenvalue weighted by molar-refractivity contribution is 0.105. The van der Waals surface area contributed by atoms with Crippen molar-refractivity contribution < 1.29 is 19.0 Å².